The molecule has 5 rings (SSSR count). The number of aryl methyl sites for hydroxylation is 1. The number of carbonyl (C=O) groups excluding carboxylic acids is 1. The van der Waals surface area contributed by atoms with Gasteiger partial charge >= 0.3 is 0 Å². The van der Waals surface area contributed by atoms with E-state index in [9.17, 15) is 10.1 Å². The molecule has 0 atom stereocenters. The fourth-order valence-electron chi connectivity index (χ4n) is 3.62. The minimum atomic E-state index is -0.104. The van der Waals surface area contributed by atoms with Gasteiger partial charge in [-0.3, -0.25) is 9.78 Å². The highest BCUT2D eigenvalue weighted by molar-refractivity contribution is 6.24. The number of nitriles is 1. The zero-order valence-electron chi connectivity index (χ0n) is 13.9. The van der Waals surface area contributed by atoms with Crippen LogP contribution in [0, 0.1) is 18.3 Å². The van der Waals surface area contributed by atoms with E-state index in [0.29, 0.717) is 45.1 Å². The van der Waals surface area contributed by atoms with Gasteiger partial charge in [-0.1, -0.05) is 30.3 Å². The third-order valence-electron chi connectivity index (χ3n) is 4.81. The monoisotopic (exact) mass is 340 g/mol. The molecule has 5 heteroatoms. The van der Waals surface area contributed by atoms with E-state index in [1.807, 2.05) is 30.3 Å². The average Bonchev–Trinajstić information content (AvgIpc) is 3.24. The van der Waals surface area contributed by atoms with Crippen LogP contribution in [0.15, 0.2) is 42.5 Å². The summed E-state index contributed by atoms with van der Waals surface area (Å²) in [5.41, 5.74) is 4.89. The summed E-state index contributed by atoms with van der Waals surface area (Å²) < 4.78 is 10.8. The summed E-state index contributed by atoms with van der Waals surface area (Å²) >= 11 is 0. The Kier molecular flexibility index (Phi) is 2.92. The quantitative estimate of drug-likeness (QED) is 0.526. The van der Waals surface area contributed by atoms with Crippen molar-refractivity contribution >= 4 is 5.78 Å². The van der Waals surface area contributed by atoms with Gasteiger partial charge in [0.05, 0.1) is 22.5 Å². The van der Waals surface area contributed by atoms with Gasteiger partial charge in [0.15, 0.2) is 17.3 Å². The predicted octanol–water partition coefficient (Wildman–Crippen LogP) is 3.87. The first-order valence-electron chi connectivity index (χ1n) is 8.18. The predicted molar refractivity (Wildman–Crippen MR) is 94.1 cm³/mol. The first kappa shape index (κ1) is 14.7. The molecule has 3 aromatic rings. The highest BCUT2D eigenvalue weighted by Crippen LogP contribution is 2.44. The van der Waals surface area contributed by atoms with E-state index in [1.165, 1.54) is 0 Å². The Morgan fingerprint density at radius 3 is 2.62 bits per heavy atom. The number of pyridine rings is 1. The molecule has 1 aromatic heterocycles. The van der Waals surface area contributed by atoms with Gasteiger partial charge in [-0.25, -0.2) is 0 Å². The maximum Gasteiger partial charge on any atom is 0.231 e. The lowest BCUT2D eigenvalue weighted by Gasteiger charge is -2.13. The number of hydrogen-bond donors (Lipinski definition) is 0. The number of nitrogens with zero attached hydrogens (tertiary/aromatic N) is 2. The Balaban J connectivity index is 1.85. The van der Waals surface area contributed by atoms with E-state index in [0.717, 1.165) is 11.1 Å². The molecule has 2 aromatic carbocycles. The third-order valence-corrected chi connectivity index (χ3v) is 4.81. The number of ketones is 1. The number of rotatable bonds is 1. The first-order chi connectivity index (χ1) is 12.7. The fraction of sp³-hybridized carbons (Fsp3) is 0.0952. The Labute approximate surface area is 149 Å². The summed E-state index contributed by atoms with van der Waals surface area (Å²) in [6.45, 7) is 1.96. The van der Waals surface area contributed by atoms with Crippen molar-refractivity contribution < 1.29 is 14.3 Å². The van der Waals surface area contributed by atoms with E-state index in [-0.39, 0.29) is 12.6 Å². The molecule has 5 nitrogen and oxygen atoms in total. The standard InChI is InChI=1S/C21H12N2O3/c1-11-15(9-22)18(12-6-7-16-17(8-12)26-10-25-16)19-20(23-11)13-4-2-3-5-14(13)21(19)24/h2-8H,10H2,1H3. The van der Waals surface area contributed by atoms with E-state index in [1.54, 1.807) is 19.1 Å². The van der Waals surface area contributed by atoms with Crippen LogP contribution in [0.5, 0.6) is 11.5 Å². The number of aromatic nitrogens is 1. The number of fused-ring (bicyclic) bond motifs is 4. The molecular formula is C21H12N2O3. The molecular weight excluding hydrogens is 328 g/mol. The van der Waals surface area contributed by atoms with Crippen LogP contribution < -0.4 is 9.47 Å². The fourth-order valence-corrected chi connectivity index (χ4v) is 3.62. The zero-order chi connectivity index (χ0) is 17.8. The highest BCUT2D eigenvalue weighted by atomic mass is 16.7. The molecule has 0 saturated carbocycles. The second-order valence-electron chi connectivity index (χ2n) is 6.23. The molecule has 0 bridgehead atoms. The van der Waals surface area contributed by atoms with E-state index >= 15 is 0 Å². The average molecular weight is 340 g/mol. The third kappa shape index (κ3) is 1.84. The zero-order valence-corrected chi connectivity index (χ0v) is 13.9. The summed E-state index contributed by atoms with van der Waals surface area (Å²) in [6, 6.07) is 15.1. The Morgan fingerprint density at radius 1 is 1.04 bits per heavy atom. The van der Waals surface area contributed by atoms with Crippen LogP contribution in [0.2, 0.25) is 0 Å². The second kappa shape index (κ2) is 5.17. The van der Waals surface area contributed by atoms with E-state index < -0.39 is 0 Å². The van der Waals surface area contributed by atoms with Gasteiger partial charge in [0.25, 0.3) is 0 Å². The lowest BCUT2D eigenvalue weighted by molar-refractivity contribution is 0.104. The van der Waals surface area contributed by atoms with Gasteiger partial charge in [-0.2, -0.15) is 5.26 Å². The van der Waals surface area contributed by atoms with Crippen LogP contribution in [-0.4, -0.2) is 17.6 Å². The van der Waals surface area contributed by atoms with Crippen molar-refractivity contribution in [2.75, 3.05) is 6.79 Å². The SMILES string of the molecule is Cc1nc2c(c(-c3ccc4c(c3)OCO4)c1C#N)C(=O)c1ccccc1-2. The molecule has 0 fully saturated rings. The van der Waals surface area contributed by atoms with Crippen molar-refractivity contribution in [3.63, 3.8) is 0 Å². The second-order valence-corrected chi connectivity index (χ2v) is 6.23. The summed E-state index contributed by atoms with van der Waals surface area (Å²) in [4.78, 5) is 17.7. The molecule has 26 heavy (non-hydrogen) atoms. The Morgan fingerprint density at radius 2 is 1.81 bits per heavy atom. The minimum absolute atomic E-state index is 0.104. The van der Waals surface area contributed by atoms with Crippen molar-refractivity contribution in [2.24, 2.45) is 0 Å². The number of carbonyl (C=O) groups is 1. The summed E-state index contributed by atoms with van der Waals surface area (Å²) in [5.74, 6) is 1.16. The normalized spacial score (nSPS) is 13.3. The van der Waals surface area contributed by atoms with Gasteiger partial charge in [-0.15, -0.1) is 0 Å². The molecule has 2 aliphatic rings. The molecule has 0 N–H and O–H groups in total. The van der Waals surface area contributed by atoms with E-state index in [2.05, 4.69) is 11.1 Å². The Hall–Kier alpha value is -3.65. The number of benzene rings is 2. The van der Waals surface area contributed by atoms with Crippen molar-refractivity contribution in [3.05, 3.63) is 64.8 Å². The highest BCUT2D eigenvalue weighted by Gasteiger charge is 2.33. The molecule has 1 aliphatic heterocycles. The maximum atomic E-state index is 13.1. The molecule has 0 saturated heterocycles. The van der Waals surface area contributed by atoms with Gasteiger partial charge < -0.3 is 9.47 Å². The van der Waals surface area contributed by atoms with Crippen molar-refractivity contribution in [3.8, 4) is 40.0 Å². The summed E-state index contributed by atoms with van der Waals surface area (Å²) in [5, 5.41) is 9.73. The van der Waals surface area contributed by atoms with Crippen LogP contribution in [-0.2, 0) is 0 Å². The van der Waals surface area contributed by atoms with Crippen LogP contribution in [0.25, 0.3) is 22.4 Å². The number of ether oxygens (including phenoxy) is 2. The van der Waals surface area contributed by atoms with Crippen molar-refractivity contribution in [1.82, 2.24) is 4.98 Å². The van der Waals surface area contributed by atoms with Crippen LogP contribution in [0.4, 0.5) is 0 Å². The molecule has 0 unspecified atom stereocenters. The maximum absolute atomic E-state index is 13.1. The van der Waals surface area contributed by atoms with Gasteiger partial charge in [0.1, 0.15) is 6.07 Å². The molecule has 2 heterocycles. The molecule has 0 spiro atoms. The minimum Gasteiger partial charge on any atom is -0.454 e. The van der Waals surface area contributed by atoms with Crippen LogP contribution in [0.1, 0.15) is 27.2 Å². The number of hydrogen-bond acceptors (Lipinski definition) is 5. The largest absolute Gasteiger partial charge is 0.454 e. The van der Waals surface area contributed by atoms with Gasteiger partial charge in [0.2, 0.25) is 6.79 Å². The molecule has 1 aliphatic carbocycles. The molecule has 0 amide bonds. The molecule has 0 radical (unpaired) electrons. The van der Waals surface area contributed by atoms with Crippen molar-refractivity contribution in [1.29, 1.82) is 5.26 Å². The van der Waals surface area contributed by atoms with E-state index in [4.69, 9.17) is 9.47 Å². The lowest BCUT2D eigenvalue weighted by atomic mass is 9.92. The molecule has 124 valence electrons. The summed E-state index contributed by atoms with van der Waals surface area (Å²) in [7, 11) is 0. The van der Waals surface area contributed by atoms with Gasteiger partial charge in [-0.05, 0) is 24.6 Å². The van der Waals surface area contributed by atoms with Crippen molar-refractivity contribution in [2.45, 2.75) is 6.92 Å². The smallest absolute Gasteiger partial charge is 0.231 e. The van der Waals surface area contributed by atoms with Crippen LogP contribution >= 0.6 is 0 Å². The van der Waals surface area contributed by atoms with Gasteiger partial charge in [0, 0.05) is 16.7 Å². The topological polar surface area (TPSA) is 72.2 Å². The van der Waals surface area contributed by atoms with Crippen LogP contribution in [0.3, 0.4) is 0 Å². The Bertz CT molecular complexity index is 1160. The first-order valence-corrected chi connectivity index (χ1v) is 8.18. The summed E-state index contributed by atoms with van der Waals surface area (Å²) in [6.07, 6.45) is 0. The lowest BCUT2D eigenvalue weighted by Crippen LogP contribution is -2.04.